The Morgan fingerprint density at radius 2 is 2.00 bits per heavy atom. The molecule has 0 fully saturated rings. The van der Waals surface area contributed by atoms with E-state index in [1.165, 1.54) is 4.88 Å². The fourth-order valence-electron chi connectivity index (χ4n) is 2.12. The number of hydrogen-bond acceptors (Lipinski definition) is 3. The second-order valence-electron chi connectivity index (χ2n) is 5.08. The smallest absolute Gasteiger partial charge is 0.234 e. The van der Waals surface area contributed by atoms with Gasteiger partial charge in [-0.15, -0.1) is 11.3 Å². The highest BCUT2D eigenvalue weighted by Gasteiger charge is 2.12. The third-order valence-corrected chi connectivity index (χ3v) is 4.75. The van der Waals surface area contributed by atoms with E-state index in [9.17, 15) is 4.79 Å². The minimum absolute atomic E-state index is 0.0305. The van der Waals surface area contributed by atoms with Crippen LogP contribution in [-0.4, -0.2) is 24.4 Å². The zero-order chi connectivity index (χ0) is 15.2. The summed E-state index contributed by atoms with van der Waals surface area (Å²) >= 11 is 5.15. The van der Waals surface area contributed by atoms with Crippen molar-refractivity contribution in [3.63, 3.8) is 0 Å². The number of nitrogens with zero attached hydrogens (tertiary/aromatic N) is 1. The zero-order valence-corrected chi connectivity index (χ0v) is 14.6. The summed E-state index contributed by atoms with van der Waals surface area (Å²) in [6.07, 6.45) is 0. The van der Waals surface area contributed by atoms with Crippen molar-refractivity contribution in [2.24, 2.45) is 0 Å². The molecular weight excluding hydrogens is 348 g/mol. The average Bonchev–Trinajstić information content (AvgIpc) is 2.84. The van der Waals surface area contributed by atoms with Crippen molar-refractivity contribution in [3.8, 4) is 0 Å². The van der Waals surface area contributed by atoms with Gasteiger partial charge in [-0.25, -0.2) is 0 Å². The first-order chi connectivity index (χ1) is 10.0. The van der Waals surface area contributed by atoms with Crippen molar-refractivity contribution in [2.75, 3.05) is 13.6 Å². The van der Waals surface area contributed by atoms with Gasteiger partial charge in [0.2, 0.25) is 5.91 Å². The van der Waals surface area contributed by atoms with Crippen LogP contribution in [0.5, 0.6) is 0 Å². The molecule has 2 aromatic rings. The first-order valence-electron chi connectivity index (χ1n) is 6.81. The highest BCUT2D eigenvalue weighted by molar-refractivity contribution is 9.11. The predicted molar refractivity (Wildman–Crippen MR) is 91.4 cm³/mol. The van der Waals surface area contributed by atoms with Crippen LogP contribution in [0.4, 0.5) is 0 Å². The Kier molecular flexibility index (Phi) is 5.96. The lowest BCUT2D eigenvalue weighted by Gasteiger charge is -2.18. The molecule has 5 heteroatoms. The molecule has 3 nitrogen and oxygen atoms in total. The minimum atomic E-state index is 0.0305. The zero-order valence-electron chi connectivity index (χ0n) is 12.2. The van der Waals surface area contributed by atoms with Crippen molar-refractivity contribution in [2.45, 2.75) is 19.5 Å². The van der Waals surface area contributed by atoms with E-state index in [1.54, 1.807) is 11.3 Å². The van der Waals surface area contributed by atoms with Crippen LogP contribution in [-0.2, 0) is 11.3 Å². The first-order valence-corrected chi connectivity index (χ1v) is 8.42. The molecule has 0 radical (unpaired) electrons. The second-order valence-corrected chi connectivity index (χ2v) is 7.63. The topological polar surface area (TPSA) is 32.3 Å². The van der Waals surface area contributed by atoms with Crippen LogP contribution in [0, 0.1) is 0 Å². The van der Waals surface area contributed by atoms with E-state index < -0.39 is 0 Å². The van der Waals surface area contributed by atoms with E-state index >= 15 is 0 Å². The van der Waals surface area contributed by atoms with Gasteiger partial charge in [0.15, 0.2) is 0 Å². The number of thiophene rings is 1. The Morgan fingerprint density at radius 1 is 1.29 bits per heavy atom. The van der Waals surface area contributed by atoms with Crippen LogP contribution in [0.2, 0.25) is 0 Å². The molecule has 1 heterocycles. The Bertz CT molecular complexity index is 585. The van der Waals surface area contributed by atoms with Crippen molar-refractivity contribution < 1.29 is 4.79 Å². The Hall–Kier alpha value is -1.17. The number of carbonyl (C=O) groups is 1. The molecule has 1 N–H and O–H groups in total. The van der Waals surface area contributed by atoms with E-state index in [1.807, 2.05) is 55.3 Å². The largest absolute Gasteiger partial charge is 0.348 e. The molecule has 0 bridgehead atoms. The van der Waals surface area contributed by atoms with Gasteiger partial charge in [0.1, 0.15) is 0 Å². The number of halogens is 1. The summed E-state index contributed by atoms with van der Waals surface area (Å²) in [6, 6.07) is 14.1. The van der Waals surface area contributed by atoms with Crippen molar-refractivity contribution >= 4 is 33.2 Å². The SMILES string of the molecule is CC(NC(=O)CN(C)Cc1ccc(Br)s1)c1ccccc1. The number of rotatable bonds is 6. The number of likely N-dealkylation sites (N-methyl/N-ethyl adjacent to an activating group) is 1. The first kappa shape index (κ1) is 16.2. The normalized spacial score (nSPS) is 12.4. The summed E-state index contributed by atoms with van der Waals surface area (Å²) in [7, 11) is 1.96. The molecule has 1 aromatic heterocycles. The summed E-state index contributed by atoms with van der Waals surface area (Å²) in [6.45, 7) is 3.18. The van der Waals surface area contributed by atoms with Gasteiger partial charge < -0.3 is 5.32 Å². The molecule has 1 amide bonds. The molecular formula is C16H19BrN2OS. The molecule has 1 aromatic carbocycles. The van der Waals surface area contributed by atoms with Crippen molar-refractivity contribution in [1.29, 1.82) is 0 Å². The summed E-state index contributed by atoms with van der Waals surface area (Å²) in [4.78, 5) is 15.3. The molecule has 0 saturated carbocycles. The fraction of sp³-hybridized carbons (Fsp3) is 0.312. The molecule has 1 atom stereocenters. The van der Waals surface area contributed by atoms with Crippen LogP contribution in [0.15, 0.2) is 46.3 Å². The van der Waals surface area contributed by atoms with E-state index in [0.717, 1.165) is 15.9 Å². The minimum Gasteiger partial charge on any atom is -0.348 e. The lowest BCUT2D eigenvalue weighted by atomic mass is 10.1. The van der Waals surface area contributed by atoms with Gasteiger partial charge in [-0.3, -0.25) is 9.69 Å². The number of benzene rings is 1. The van der Waals surface area contributed by atoms with Crippen LogP contribution in [0.1, 0.15) is 23.4 Å². The number of hydrogen-bond donors (Lipinski definition) is 1. The van der Waals surface area contributed by atoms with Gasteiger partial charge >= 0.3 is 0 Å². The molecule has 112 valence electrons. The van der Waals surface area contributed by atoms with E-state index in [4.69, 9.17) is 0 Å². The lowest BCUT2D eigenvalue weighted by Crippen LogP contribution is -2.36. The quantitative estimate of drug-likeness (QED) is 0.842. The molecule has 21 heavy (non-hydrogen) atoms. The molecule has 0 aliphatic rings. The van der Waals surface area contributed by atoms with Gasteiger partial charge in [-0.2, -0.15) is 0 Å². The van der Waals surface area contributed by atoms with Crippen LogP contribution >= 0.6 is 27.3 Å². The van der Waals surface area contributed by atoms with Gasteiger partial charge in [-0.1, -0.05) is 30.3 Å². The molecule has 0 saturated heterocycles. The number of amides is 1. The van der Waals surface area contributed by atoms with E-state index in [0.29, 0.717) is 6.54 Å². The average molecular weight is 367 g/mol. The molecule has 0 aliphatic heterocycles. The number of carbonyl (C=O) groups excluding carboxylic acids is 1. The third-order valence-electron chi connectivity index (χ3n) is 3.15. The Morgan fingerprint density at radius 3 is 2.62 bits per heavy atom. The highest BCUT2D eigenvalue weighted by atomic mass is 79.9. The summed E-state index contributed by atoms with van der Waals surface area (Å²) < 4.78 is 1.12. The van der Waals surface area contributed by atoms with Crippen LogP contribution in [0.25, 0.3) is 0 Å². The summed E-state index contributed by atoms with van der Waals surface area (Å²) in [5.41, 5.74) is 1.12. The monoisotopic (exact) mass is 366 g/mol. The van der Waals surface area contributed by atoms with Gasteiger partial charge in [0, 0.05) is 11.4 Å². The second kappa shape index (κ2) is 7.73. The molecule has 1 unspecified atom stereocenters. The van der Waals surface area contributed by atoms with Crippen LogP contribution in [0.3, 0.4) is 0 Å². The van der Waals surface area contributed by atoms with Crippen molar-refractivity contribution in [3.05, 3.63) is 56.7 Å². The lowest BCUT2D eigenvalue weighted by molar-refractivity contribution is -0.122. The highest BCUT2D eigenvalue weighted by Crippen LogP contribution is 2.22. The van der Waals surface area contributed by atoms with E-state index in [-0.39, 0.29) is 11.9 Å². The summed E-state index contributed by atoms with van der Waals surface area (Å²) in [5, 5.41) is 3.03. The Labute approximate surface area is 138 Å². The fourth-order valence-corrected chi connectivity index (χ4v) is 3.68. The van der Waals surface area contributed by atoms with Gasteiger partial charge in [-0.05, 0) is 47.6 Å². The van der Waals surface area contributed by atoms with Crippen LogP contribution < -0.4 is 5.32 Å². The van der Waals surface area contributed by atoms with E-state index in [2.05, 4.69) is 27.3 Å². The maximum atomic E-state index is 12.1. The van der Waals surface area contributed by atoms with Gasteiger partial charge in [0.05, 0.1) is 16.4 Å². The molecule has 0 aliphatic carbocycles. The number of nitrogens with one attached hydrogen (secondary N) is 1. The van der Waals surface area contributed by atoms with Crippen molar-refractivity contribution in [1.82, 2.24) is 10.2 Å². The Balaban J connectivity index is 1.81. The molecule has 2 rings (SSSR count). The van der Waals surface area contributed by atoms with Gasteiger partial charge in [0.25, 0.3) is 0 Å². The maximum Gasteiger partial charge on any atom is 0.234 e. The molecule has 0 spiro atoms. The standard InChI is InChI=1S/C16H19BrN2OS/c1-12(13-6-4-3-5-7-13)18-16(20)11-19(2)10-14-8-9-15(17)21-14/h3-9,12H,10-11H2,1-2H3,(H,18,20). The summed E-state index contributed by atoms with van der Waals surface area (Å²) in [5.74, 6) is 0.0458. The predicted octanol–water partition coefficient (Wildman–Crippen LogP) is 3.82. The third kappa shape index (κ3) is 5.26. The maximum absolute atomic E-state index is 12.1.